The summed E-state index contributed by atoms with van der Waals surface area (Å²) in [7, 11) is 0. The minimum Gasteiger partial charge on any atom is -0.502 e. The first-order valence-corrected chi connectivity index (χ1v) is 8.45. The first-order valence-electron chi connectivity index (χ1n) is 7.63. The molecule has 0 saturated carbocycles. The summed E-state index contributed by atoms with van der Waals surface area (Å²) >= 11 is 0.785. The van der Waals surface area contributed by atoms with Crippen LogP contribution in [0, 0.1) is 17.0 Å². The van der Waals surface area contributed by atoms with Crippen LogP contribution in [0.15, 0.2) is 47.4 Å². The summed E-state index contributed by atoms with van der Waals surface area (Å²) < 4.78 is 0. The molecular formula is C18H14N2O5S. The lowest BCUT2D eigenvalue weighted by Gasteiger charge is -2.12. The zero-order valence-electron chi connectivity index (χ0n) is 13.7. The third-order valence-electron chi connectivity index (χ3n) is 3.79. The monoisotopic (exact) mass is 370 g/mol. The molecule has 1 saturated heterocycles. The highest BCUT2D eigenvalue weighted by Gasteiger charge is 2.35. The quantitative estimate of drug-likeness (QED) is 0.498. The molecule has 2 amide bonds. The number of carbonyl (C=O) groups excluding carboxylic acids is 2. The van der Waals surface area contributed by atoms with Crippen LogP contribution in [0.25, 0.3) is 6.08 Å². The van der Waals surface area contributed by atoms with E-state index in [-0.39, 0.29) is 11.4 Å². The van der Waals surface area contributed by atoms with Gasteiger partial charge in [-0.25, -0.2) is 0 Å². The van der Waals surface area contributed by atoms with Crippen LogP contribution >= 0.6 is 11.8 Å². The fourth-order valence-electron chi connectivity index (χ4n) is 2.56. The van der Waals surface area contributed by atoms with Gasteiger partial charge in [-0.05, 0) is 42.0 Å². The zero-order valence-corrected chi connectivity index (χ0v) is 14.5. The molecule has 3 rings (SSSR count). The number of nitro groups is 1. The molecule has 1 aliphatic heterocycles. The second-order valence-electron chi connectivity index (χ2n) is 5.76. The van der Waals surface area contributed by atoms with E-state index in [0.717, 1.165) is 33.9 Å². The highest BCUT2D eigenvalue weighted by Crippen LogP contribution is 2.34. The summed E-state index contributed by atoms with van der Waals surface area (Å²) in [6.45, 7) is 2.09. The smallest absolute Gasteiger partial charge is 0.311 e. The molecule has 0 radical (unpaired) electrons. The Morgan fingerprint density at radius 3 is 2.69 bits per heavy atom. The maximum atomic E-state index is 12.5. The van der Waals surface area contributed by atoms with E-state index in [1.54, 1.807) is 0 Å². The summed E-state index contributed by atoms with van der Waals surface area (Å²) in [6.07, 6.45) is 1.41. The van der Waals surface area contributed by atoms with Crippen LogP contribution in [0.3, 0.4) is 0 Å². The number of thioether (sulfide) groups is 1. The van der Waals surface area contributed by atoms with E-state index < -0.39 is 27.5 Å². The van der Waals surface area contributed by atoms with E-state index in [1.807, 2.05) is 31.2 Å². The van der Waals surface area contributed by atoms with Crippen LogP contribution in [0.1, 0.15) is 16.7 Å². The Bertz CT molecular complexity index is 954. The molecule has 7 nitrogen and oxygen atoms in total. The molecule has 0 bridgehead atoms. The van der Waals surface area contributed by atoms with E-state index >= 15 is 0 Å². The van der Waals surface area contributed by atoms with Crippen molar-refractivity contribution in [1.29, 1.82) is 0 Å². The summed E-state index contributed by atoms with van der Waals surface area (Å²) in [5.41, 5.74) is 1.77. The Balaban J connectivity index is 1.85. The Kier molecular flexibility index (Phi) is 4.77. The zero-order chi connectivity index (χ0) is 18.8. The van der Waals surface area contributed by atoms with E-state index in [1.165, 1.54) is 18.2 Å². The maximum absolute atomic E-state index is 12.5. The summed E-state index contributed by atoms with van der Waals surface area (Å²) in [5, 5.41) is 20.0. The van der Waals surface area contributed by atoms with Crippen molar-refractivity contribution in [1.82, 2.24) is 4.90 Å². The fourth-order valence-corrected chi connectivity index (χ4v) is 3.40. The topological polar surface area (TPSA) is 101 Å². The standard InChI is InChI=1S/C18H14N2O5S/c1-11-3-2-4-13(7-11)10-19-17(22)16(26-18(19)23)9-12-5-6-15(21)14(8-12)20(24)25/h2-9,21H,10H2,1H3/b16-9-. The Morgan fingerprint density at radius 1 is 1.23 bits per heavy atom. The lowest BCUT2D eigenvalue weighted by molar-refractivity contribution is -0.385. The van der Waals surface area contributed by atoms with Gasteiger partial charge in [-0.15, -0.1) is 0 Å². The average molecular weight is 370 g/mol. The number of hydrogen-bond donors (Lipinski definition) is 1. The molecule has 132 valence electrons. The number of benzene rings is 2. The summed E-state index contributed by atoms with van der Waals surface area (Å²) in [4.78, 5) is 36.2. The molecule has 1 N–H and O–H groups in total. The maximum Gasteiger partial charge on any atom is 0.311 e. The first kappa shape index (κ1) is 17.7. The number of phenolic OH excluding ortho intramolecular Hbond substituents is 1. The number of hydrogen-bond acceptors (Lipinski definition) is 6. The molecular weight excluding hydrogens is 356 g/mol. The van der Waals surface area contributed by atoms with Gasteiger partial charge in [0.05, 0.1) is 16.4 Å². The molecule has 0 atom stereocenters. The third-order valence-corrected chi connectivity index (χ3v) is 4.70. The third kappa shape index (κ3) is 3.60. The van der Waals surface area contributed by atoms with E-state index in [0.29, 0.717) is 5.56 Å². The number of phenols is 1. The second-order valence-corrected chi connectivity index (χ2v) is 6.76. The lowest BCUT2D eigenvalue weighted by Crippen LogP contribution is -2.27. The van der Waals surface area contributed by atoms with Gasteiger partial charge in [-0.2, -0.15) is 0 Å². The van der Waals surface area contributed by atoms with Crippen molar-refractivity contribution in [3.05, 3.63) is 74.2 Å². The van der Waals surface area contributed by atoms with Gasteiger partial charge in [-0.1, -0.05) is 35.9 Å². The van der Waals surface area contributed by atoms with Gasteiger partial charge < -0.3 is 5.11 Å². The van der Waals surface area contributed by atoms with E-state index in [4.69, 9.17) is 0 Å². The fraction of sp³-hybridized carbons (Fsp3) is 0.111. The minimum atomic E-state index is -0.712. The van der Waals surface area contributed by atoms with Crippen molar-refractivity contribution in [2.45, 2.75) is 13.5 Å². The number of nitrogens with zero attached hydrogens (tertiary/aromatic N) is 2. The van der Waals surface area contributed by atoms with Crippen molar-refractivity contribution < 1.29 is 19.6 Å². The molecule has 2 aromatic carbocycles. The van der Waals surface area contributed by atoms with Gasteiger partial charge in [0.15, 0.2) is 5.75 Å². The van der Waals surface area contributed by atoms with Gasteiger partial charge in [-0.3, -0.25) is 24.6 Å². The van der Waals surface area contributed by atoms with E-state index in [9.17, 15) is 24.8 Å². The van der Waals surface area contributed by atoms with Crippen LogP contribution in [0.4, 0.5) is 10.5 Å². The van der Waals surface area contributed by atoms with Crippen molar-refractivity contribution in [2.24, 2.45) is 0 Å². The minimum absolute atomic E-state index is 0.166. The molecule has 0 spiro atoms. The lowest BCUT2D eigenvalue weighted by atomic mass is 10.1. The summed E-state index contributed by atoms with van der Waals surface area (Å²) in [6, 6.07) is 11.3. The van der Waals surface area contributed by atoms with Crippen LogP contribution < -0.4 is 0 Å². The van der Waals surface area contributed by atoms with Crippen LogP contribution in [0.5, 0.6) is 5.75 Å². The number of amides is 2. The van der Waals surface area contributed by atoms with Gasteiger partial charge in [0.1, 0.15) is 0 Å². The Hall–Kier alpha value is -3.13. The van der Waals surface area contributed by atoms with Gasteiger partial charge in [0.2, 0.25) is 0 Å². The number of nitro benzene ring substituents is 1. The van der Waals surface area contributed by atoms with Crippen LogP contribution in [-0.4, -0.2) is 26.1 Å². The van der Waals surface area contributed by atoms with Crippen molar-refractivity contribution in [2.75, 3.05) is 0 Å². The van der Waals surface area contributed by atoms with Crippen LogP contribution in [-0.2, 0) is 11.3 Å². The molecule has 26 heavy (non-hydrogen) atoms. The molecule has 1 fully saturated rings. The second kappa shape index (κ2) is 7.01. The predicted molar refractivity (Wildman–Crippen MR) is 97.5 cm³/mol. The molecule has 0 aromatic heterocycles. The first-order chi connectivity index (χ1) is 12.3. The highest BCUT2D eigenvalue weighted by atomic mass is 32.2. The molecule has 2 aromatic rings. The number of aryl methyl sites for hydroxylation is 1. The molecule has 1 heterocycles. The van der Waals surface area contributed by atoms with E-state index in [2.05, 4.69) is 0 Å². The normalized spacial score (nSPS) is 15.7. The molecule has 0 aliphatic carbocycles. The van der Waals surface area contributed by atoms with Crippen molar-refractivity contribution >= 4 is 34.7 Å². The largest absolute Gasteiger partial charge is 0.502 e. The number of carbonyl (C=O) groups is 2. The SMILES string of the molecule is Cc1cccc(CN2C(=O)S/C(=C\c3ccc(O)c([N+](=O)[O-])c3)C2=O)c1. The number of rotatable bonds is 4. The molecule has 0 unspecified atom stereocenters. The number of imide groups is 1. The van der Waals surface area contributed by atoms with Gasteiger partial charge >= 0.3 is 5.69 Å². The highest BCUT2D eigenvalue weighted by molar-refractivity contribution is 8.18. The molecule has 8 heteroatoms. The summed E-state index contributed by atoms with van der Waals surface area (Å²) in [5.74, 6) is -0.906. The van der Waals surface area contributed by atoms with Crippen molar-refractivity contribution in [3.63, 3.8) is 0 Å². The van der Waals surface area contributed by atoms with Crippen LogP contribution in [0.2, 0.25) is 0 Å². The predicted octanol–water partition coefficient (Wildman–Crippen LogP) is 3.85. The Morgan fingerprint density at radius 2 is 2.00 bits per heavy atom. The van der Waals surface area contributed by atoms with Gasteiger partial charge in [0.25, 0.3) is 11.1 Å². The number of aromatic hydroxyl groups is 1. The Labute approximate surface area is 153 Å². The van der Waals surface area contributed by atoms with Gasteiger partial charge in [0, 0.05) is 6.07 Å². The van der Waals surface area contributed by atoms with Crippen molar-refractivity contribution in [3.8, 4) is 5.75 Å². The average Bonchev–Trinajstić information content (AvgIpc) is 2.84. The molecule has 1 aliphatic rings.